The van der Waals surface area contributed by atoms with Crippen LogP contribution in [-0.4, -0.2) is 21.6 Å². The summed E-state index contributed by atoms with van der Waals surface area (Å²) in [5.74, 6) is 1.78. The number of aliphatic hydroxyl groups excluding tert-OH is 1. The molecule has 0 saturated heterocycles. The molecule has 1 aromatic carbocycles. The Balaban J connectivity index is 2.08. The van der Waals surface area contributed by atoms with Crippen molar-refractivity contribution in [3.05, 3.63) is 52.4 Å². The molecule has 1 unspecified atom stereocenters. The number of hydrogen-bond acceptors (Lipinski definition) is 4. The van der Waals surface area contributed by atoms with E-state index in [0.29, 0.717) is 17.1 Å². The summed E-state index contributed by atoms with van der Waals surface area (Å²) in [7, 11) is 0. The van der Waals surface area contributed by atoms with Crippen LogP contribution >= 0.6 is 11.6 Å². The van der Waals surface area contributed by atoms with Crippen LogP contribution in [0, 0.1) is 6.92 Å². The summed E-state index contributed by atoms with van der Waals surface area (Å²) in [6, 6.07) is 9.15. The fourth-order valence-electron chi connectivity index (χ4n) is 2.00. The molecular weight excluding hydrogens is 286 g/mol. The lowest BCUT2D eigenvalue weighted by molar-refractivity contribution is 0.191. The van der Waals surface area contributed by atoms with Gasteiger partial charge in [-0.3, -0.25) is 0 Å². The van der Waals surface area contributed by atoms with Crippen LogP contribution in [-0.2, 0) is 0 Å². The summed E-state index contributed by atoms with van der Waals surface area (Å²) in [5.41, 5.74) is 1.62. The molecule has 0 bridgehead atoms. The van der Waals surface area contributed by atoms with E-state index in [0.717, 1.165) is 17.3 Å². The molecule has 0 spiro atoms. The van der Waals surface area contributed by atoms with E-state index in [4.69, 9.17) is 11.6 Å². The van der Waals surface area contributed by atoms with E-state index in [1.807, 2.05) is 31.2 Å². The average Bonchev–Trinajstić information content (AvgIpc) is 2.44. The quantitative estimate of drug-likeness (QED) is 0.884. The number of aliphatic hydroxyl groups is 1. The number of halogens is 1. The van der Waals surface area contributed by atoms with Crippen molar-refractivity contribution in [2.24, 2.45) is 0 Å². The lowest BCUT2D eigenvalue weighted by Crippen LogP contribution is -2.14. The van der Waals surface area contributed by atoms with Gasteiger partial charge in [0, 0.05) is 34.8 Å². The van der Waals surface area contributed by atoms with Crippen LogP contribution in [0.15, 0.2) is 30.3 Å². The van der Waals surface area contributed by atoms with E-state index in [9.17, 15) is 5.11 Å². The van der Waals surface area contributed by atoms with Crippen molar-refractivity contribution >= 4 is 17.4 Å². The average molecular weight is 306 g/mol. The van der Waals surface area contributed by atoms with Crippen LogP contribution < -0.4 is 5.32 Å². The molecule has 2 rings (SSSR count). The van der Waals surface area contributed by atoms with Crippen LogP contribution in [0.5, 0.6) is 0 Å². The molecule has 0 saturated carbocycles. The molecule has 0 aliphatic rings. The monoisotopic (exact) mass is 305 g/mol. The van der Waals surface area contributed by atoms with Crippen LogP contribution in [0.4, 0.5) is 5.82 Å². The Morgan fingerprint density at radius 3 is 2.62 bits per heavy atom. The third-order valence-electron chi connectivity index (χ3n) is 3.13. The zero-order valence-corrected chi connectivity index (χ0v) is 13.2. The molecule has 2 N–H and O–H groups in total. The van der Waals surface area contributed by atoms with Crippen molar-refractivity contribution in [1.82, 2.24) is 9.97 Å². The highest BCUT2D eigenvalue weighted by Crippen LogP contribution is 2.23. The van der Waals surface area contributed by atoms with E-state index in [-0.39, 0.29) is 5.92 Å². The minimum absolute atomic E-state index is 0.263. The van der Waals surface area contributed by atoms with Crippen molar-refractivity contribution < 1.29 is 5.11 Å². The predicted octanol–water partition coefficient (Wildman–Crippen LogP) is 3.71. The fraction of sp³-hybridized carbons (Fsp3) is 0.375. The number of anilines is 1. The van der Waals surface area contributed by atoms with Gasteiger partial charge in [0.05, 0.1) is 6.10 Å². The van der Waals surface area contributed by atoms with Crippen molar-refractivity contribution in [2.75, 3.05) is 11.9 Å². The van der Waals surface area contributed by atoms with Crippen LogP contribution in [0.25, 0.3) is 0 Å². The zero-order chi connectivity index (χ0) is 15.4. The van der Waals surface area contributed by atoms with E-state index in [2.05, 4.69) is 29.1 Å². The van der Waals surface area contributed by atoms with Gasteiger partial charge in [0.25, 0.3) is 0 Å². The van der Waals surface area contributed by atoms with Gasteiger partial charge in [0.15, 0.2) is 0 Å². The molecular formula is C16H20ClN3O. The summed E-state index contributed by atoms with van der Waals surface area (Å²) in [6.07, 6.45) is -0.684. The molecule has 0 fully saturated rings. The number of aromatic nitrogens is 2. The van der Waals surface area contributed by atoms with Gasteiger partial charge in [-0.2, -0.15) is 0 Å². The second-order valence-electron chi connectivity index (χ2n) is 5.33. The van der Waals surface area contributed by atoms with Gasteiger partial charge in [-0.15, -0.1) is 0 Å². The van der Waals surface area contributed by atoms with Crippen LogP contribution in [0.3, 0.4) is 0 Å². The maximum absolute atomic E-state index is 10.2. The van der Waals surface area contributed by atoms with Gasteiger partial charge < -0.3 is 10.4 Å². The molecule has 0 aliphatic heterocycles. The Morgan fingerprint density at radius 1 is 1.24 bits per heavy atom. The topological polar surface area (TPSA) is 58.0 Å². The molecule has 4 nitrogen and oxygen atoms in total. The number of benzene rings is 1. The number of aryl methyl sites for hydroxylation is 1. The Morgan fingerprint density at radius 2 is 1.95 bits per heavy atom. The second kappa shape index (κ2) is 6.87. The van der Waals surface area contributed by atoms with Gasteiger partial charge in [-0.25, -0.2) is 9.97 Å². The summed E-state index contributed by atoms with van der Waals surface area (Å²) in [5, 5.41) is 13.9. The lowest BCUT2D eigenvalue weighted by atomic mass is 10.1. The first-order valence-corrected chi connectivity index (χ1v) is 7.37. The predicted molar refractivity (Wildman–Crippen MR) is 85.8 cm³/mol. The van der Waals surface area contributed by atoms with Crippen LogP contribution in [0.2, 0.25) is 5.02 Å². The minimum atomic E-state index is -0.684. The van der Waals surface area contributed by atoms with Gasteiger partial charge in [-0.1, -0.05) is 43.6 Å². The summed E-state index contributed by atoms with van der Waals surface area (Å²) >= 11 is 6.08. The van der Waals surface area contributed by atoms with Crippen molar-refractivity contribution in [2.45, 2.75) is 32.8 Å². The molecule has 2 aromatic rings. The van der Waals surface area contributed by atoms with E-state index < -0.39 is 6.10 Å². The fourth-order valence-corrected chi connectivity index (χ4v) is 2.26. The Kier molecular flexibility index (Phi) is 5.15. The maximum atomic E-state index is 10.2. The zero-order valence-electron chi connectivity index (χ0n) is 12.5. The van der Waals surface area contributed by atoms with Gasteiger partial charge >= 0.3 is 0 Å². The summed E-state index contributed by atoms with van der Waals surface area (Å²) < 4.78 is 0. The van der Waals surface area contributed by atoms with Crippen LogP contribution in [0.1, 0.15) is 43.0 Å². The van der Waals surface area contributed by atoms with Gasteiger partial charge in [0.1, 0.15) is 11.6 Å². The van der Waals surface area contributed by atoms with Gasteiger partial charge in [0.2, 0.25) is 0 Å². The third kappa shape index (κ3) is 4.16. The maximum Gasteiger partial charge on any atom is 0.133 e. The molecule has 21 heavy (non-hydrogen) atoms. The molecule has 112 valence electrons. The highest BCUT2D eigenvalue weighted by molar-refractivity contribution is 6.31. The minimum Gasteiger partial charge on any atom is -0.387 e. The third-order valence-corrected chi connectivity index (χ3v) is 3.47. The number of hydrogen-bond donors (Lipinski definition) is 2. The number of nitrogens with zero attached hydrogens (tertiary/aromatic N) is 2. The molecule has 0 amide bonds. The van der Waals surface area contributed by atoms with Gasteiger partial charge in [-0.05, 0) is 13.0 Å². The van der Waals surface area contributed by atoms with E-state index >= 15 is 0 Å². The van der Waals surface area contributed by atoms with Crippen molar-refractivity contribution in [3.63, 3.8) is 0 Å². The number of nitrogens with one attached hydrogen (secondary N) is 1. The standard InChI is InChI=1S/C16H20ClN3O/c1-10(2)16-19-11(3)8-15(20-16)18-9-14(21)12-6-4-5-7-13(12)17/h4-8,10,14,21H,9H2,1-3H3,(H,18,19,20). The normalized spacial score (nSPS) is 12.5. The van der Waals surface area contributed by atoms with E-state index in [1.54, 1.807) is 6.07 Å². The molecule has 1 heterocycles. The number of rotatable bonds is 5. The SMILES string of the molecule is Cc1cc(NCC(O)c2ccccc2Cl)nc(C(C)C)n1. The molecule has 1 atom stereocenters. The Bertz CT molecular complexity index is 616. The largest absolute Gasteiger partial charge is 0.387 e. The second-order valence-corrected chi connectivity index (χ2v) is 5.73. The first kappa shape index (κ1) is 15.7. The van der Waals surface area contributed by atoms with E-state index in [1.165, 1.54) is 0 Å². The summed E-state index contributed by atoms with van der Waals surface area (Å²) in [6.45, 7) is 6.38. The molecule has 0 aliphatic carbocycles. The highest BCUT2D eigenvalue weighted by atomic mass is 35.5. The molecule has 5 heteroatoms. The first-order chi connectivity index (χ1) is 9.97. The Labute approximate surface area is 130 Å². The molecule has 0 radical (unpaired) electrons. The van der Waals surface area contributed by atoms with Crippen molar-refractivity contribution in [1.29, 1.82) is 0 Å². The molecule has 1 aromatic heterocycles. The van der Waals surface area contributed by atoms with Crippen molar-refractivity contribution in [3.8, 4) is 0 Å². The smallest absolute Gasteiger partial charge is 0.133 e. The highest BCUT2D eigenvalue weighted by Gasteiger charge is 2.12. The first-order valence-electron chi connectivity index (χ1n) is 6.99. The summed E-state index contributed by atoms with van der Waals surface area (Å²) in [4.78, 5) is 8.85. The Hall–Kier alpha value is -1.65. The lowest BCUT2D eigenvalue weighted by Gasteiger charge is -2.15.